The summed E-state index contributed by atoms with van der Waals surface area (Å²) in [5.41, 5.74) is 5.75. The van der Waals surface area contributed by atoms with Gasteiger partial charge in [-0.1, -0.05) is 12.1 Å². The van der Waals surface area contributed by atoms with Crippen molar-refractivity contribution in [1.82, 2.24) is 24.6 Å². The van der Waals surface area contributed by atoms with E-state index in [0.29, 0.717) is 32.2 Å². The Morgan fingerprint density at radius 1 is 0.971 bits per heavy atom. The van der Waals surface area contributed by atoms with E-state index in [0.717, 1.165) is 33.5 Å². The molecule has 0 atom stereocenters. The van der Waals surface area contributed by atoms with E-state index in [1.807, 2.05) is 29.1 Å². The number of benzene rings is 2. The second kappa shape index (κ2) is 7.82. The van der Waals surface area contributed by atoms with E-state index in [1.54, 1.807) is 6.20 Å². The quantitative estimate of drug-likeness (QED) is 0.429. The zero-order valence-electron chi connectivity index (χ0n) is 18.4. The van der Waals surface area contributed by atoms with Crippen molar-refractivity contribution in [3.63, 3.8) is 0 Å². The van der Waals surface area contributed by atoms with Crippen molar-refractivity contribution < 1.29 is 9.47 Å². The van der Waals surface area contributed by atoms with Gasteiger partial charge in [-0.05, 0) is 30.3 Å². The highest BCUT2D eigenvalue weighted by atomic mass is 16.5. The molecule has 9 heteroatoms. The molecule has 2 fully saturated rings. The summed E-state index contributed by atoms with van der Waals surface area (Å²) in [6.45, 7) is 2.82. The average molecular weight is 454 g/mol. The van der Waals surface area contributed by atoms with Crippen LogP contribution in [-0.4, -0.2) is 63.1 Å². The van der Waals surface area contributed by atoms with Crippen LogP contribution in [0.3, 0.4) is 0 Å². The molecule has 0 aliphatic carbocycles. The first kappa shape index (κ1) is 19.5. The van der Waals surface area contributed by atoms with Gasteiger partial charge in [-0.2, -0.15) is 5.10 Å². The Morgan fingerprint density at radius 3 is 2.56 bits per heavy atom. The highest BCUT2D eigenvalue weighted by molar-refractivity contribution is 5.84. The Labute approximate surface area is 195 Å². The minimum absolute atomic E-state index is 0.265. The van der Waals surface area contributed by atoms with Gasteiger partial charge in [0, 0.05) is 40.9 Å². The molecular formula is C25H23N7O2. The van der Waals surface area contributed by atoms with Gasteiger partial charge in [-0.15, -0.1) is 0 Å². The van der Waals surface area contributed by atoms with Gasteiger partial charge in [-0.25, -0.2) is 9.97 Å². The van der Waals surface area contributed by atoms with Gasteiger partial charge in [0.2, 0.25) is 0 Å². The lowest BCUT2D eigenvalue weighted by Gasteiger charge is -2.46. The van der Waals surface area contributed by atoms with Gasteiger partial charge in [0.25, 0.3) is 0 Å². The highest BCUT2D eigenvalue weighted by Crippen LogP contribution is 2.30. The normalized spacial score (nSPS) is 20.2. The average Bonchev–Trinajstić information content (AvgIpc) is 3.53. The van der Waals surface area contributed by atoms with Crippen LogP contribution in [0, 0.1) is 0 Å². The van der Waals surface area contributed by atoms with E-state index < -0.39 is 0 Å². The Bertz CT molecular complexity index is 1450. The number of nitrogens with one attached hydrogen (secondary N) is 2. The molecule has 2 saturated heterocycles. The molecule has 9 nitrogen and oxygen atoms in total. The molecule has 2 aliphatic rings. The van der Waals surface area contributed by atoms with E-state index in [-0.39, 0.29) is 12.1 Å². The standard InChI is InChI=1S/C25H23N7O2/c1-2-17-10-27-30-22(17)9-16(1)23-11-31-8-7-26-25(31)24(29-23)28-18-3-5-19(6-4-18)32-20-12-33-14-21(32)15-34-13-20/h1-11,20-21H,12-15H2,(H,27,30)(H,28,29). The first-order valence-corrected chi connectivity index (χ1v) is 11.4. The molecule has 0 unspecified atom stereocenters. The van der Waals surface area contributed by atoms with Crippen molar-refractivity contribution in [2.75, 3.05) is 36.6 Å². The molecule has 2 aromatic carbocycles. The van der Waals surface area contributed by atoms with Crippen LogP contribution < -0.4 is 10.2 Å². The largest absolute Gasteiger partial charge is 0.377 e. The molecule has 3 aromatic heterocycles. The fraction of sp³-hybridized carbons (Fsp3) is 0.240. The molecule has 2 N–H and O–H groups in total. The molecule has 5 aromatic rings. The van der Waals surface area contributed by atoms with Crippen LogP contribution >= 0.6 is 0 Å². The van der Waals surface area contributed by atoms with Crippen LogP contribution in [0.25, 0.3) is 27.8 Å². The number of hydrogen-bond donors (Lipinski definition) is 2. The first-order valence-electron chi connectivity index (χ1n) is 11.4. The van der Waals surface area contributed by atoms with Crippen LogP contribution in [0.4, 0.5) is 17.2 Å². The van der Waals surface area contributed by atoms with Crippen LogP contribution in [0.2, 0.25) is 0 Å². The number of anilines is 3. The van der Waals surface area contributed by atoms with Crippen LogP contribution in [0.15, 0.2) is 67.3 Å². The number of imidazole rings is 1. The maximum Gasteiger partial charge on any atom is 0.180 e. The lowest BCUT2D eigenvalue weighted by atomic mass is 10.1. The fourth-order valence-corrected chi connectivity index (χ4v) is 4.92. The maximum absolute atomic E-state index is 5.73. The third-order valence-corrected chi connectivity index (χ3v) is 6.57. The molecule has 0 saturated carbocycles. The Hall–Kier alpha value is -3.95. The summed E-state index contributed by atoms with van der Waals surface area (Å²) in [6.07, 6.45) is 7.53. The fourth-order valence-electron chi connectivity index (χ4n) is 4.92. The zero-order chi connectivity index (χ0) is 22.5. The number of aromatic nitrogens is 5. The molecule has 170 valence electrons. The summed E-state index contributed by atoms with van der Waals surface area (Å²) in [6, 6.07) is 15.2. The van der Waals surface area contributed by atoms with Crippen molar-refractivity contribution in [2.45, 2.75) is 12.1 Å². The van der Waals surface area contributed by atoms with Gasteiger partial charge in [0.15, 0.2) is 11.5 Å². The summed E-state index contributed by atoms with van der Waals surface area (Å²) in [5, 5.41) is 11.7. The van der Waals surface area contributed by atoms with E-state index in [1.165, 1.54) is 5.69 Å². The van der Waals surface area contributed by atoms with Gasteiger partial charge in [0.05, 0.1) is 55.9 Å². The van der Waals surface area contributed by atoms with Gasteiger partial charge in [0.1, 0.15) is 0 Å². The lowest BCUT2D eigenvalue weighted by molar-refractivity contribution is -0.0346. The van der Waals surface area contributed by atoms with Crippen LogP contribution in [-0.2, 0) is 9.47 Å². The minimum atomic E-state index is 0.265. The number of aromatic amines is 1. The number of nitrogens with zero attached hydrogens (tertiary/aromatic N) is 5. The second-order valence-corrected chi connectivity index (χ2v) is 8.77. The minimum Gasteiger partial charge on any atom is -0.377 e. The van der Waals surface area contributed by atoms with Crippen molar-refractivity contribution in [2.24, 2.45) is 0 Å². The number of hydrogen-bond acceptors (Lipinski definition) is 7. The van der Waals surface area contributed by atoms with E-state index in [2.05, 4.69) is 61.8 Å². The molecule has 5 heterocycles. The molecule has 7 rings (SSSR count). The van der Waals surface area contributed by atoms with Crippen LogP contribution in [0.1, 0.15) is 0 Å². The number of H-pyrrole nitrogens is 1. The van der Waals surface area contributed by atoms with Crippen LogP contribution in [0.5, 0.6) is 0 Å². The summed E-state index contributed by atoms with van der Waals surface area (Å²) < 4.78 is 13.5. The summed E-state index contributed by atoms with van der Waals surface area (Å²) in [5.74, 6) is 0.705. The number of fused-ring (bicyclic) bond motifs is 4. The van der Waals surface area contributed by atoms with E-state index in [9.17, 15) is 0 Å². The Balaban J connectivity index is 1.21. The molecule has 0 spiro atoms. The third kappa shape index (κ3) is 3.28. The summed E-state index contributed by atoms with van der Waals surface area (Å²) in [4.78, 5) is 11.9. The van der Waals surface area contributed by atoms with Gasteiger partial charge >= 0.3 is 0 Å². The zero-order valence-corrected chi connectivity index (χ0v) is 18.4. The second-order valence-electron chi connectivity index (χ2n) is 8.77. The van der Waals surface area contributed by atoms with Crippen molar-refractivity contribution in [1.29, 1.82) is 0 Å². The van der Waals surface area contributed by atoms with Crippen molar-refractivity contribution in [3.05, 3.63) is 67.3 Å². The van der Waals surface area contributed by atoms with Crippen molar-refractivity contribution in [3.8, 4) is 11.3 Å². The maximum atomic E-state index is 5.73. The number of rotatable bonds is 4. The Kier molecular flexibility index (Phi) is 4.49. The molecule has 2 bridgehead atoms. The number of morpholine rings is 2. The third-order valence-electron chi connectivity index (χ3n) is 6.57. The summed E-state index contributed by atoms with van der Waals surface area (Å²) >= 11 is 0. The highest BCUT2D eigenvalue weighted by Gasteiger charge is 2.35. The molecule has 0 amide bonds. The Morgan fingerprint density at radius 2 is 1.76 bits per heavy atom. The predicted molar refractivity (Wildman–Crippen MR) is 129 cm³/mol. The predicted octanol–water partition coefficient (Wildman–Crippen LogP) is 3.62. The smallest absolute Gasteiger partial charge is 0.180 e. The molecule has 34 heavy (non-hydrogen) atoms. The van der Waals surface area contributed by atoms with Crippen molar-refractivity contribution >= 4 is 33.7 Å². The number of ether oxygens (including phenoxy) is 2. The SMILES string of the molecule is c1cn2cc(-c3ccc4cn[nH]c4c3)nc(Nc3ccc(N4C5COCC4COC5)cc3)c2n1. The molecular weight excluding hydrogens is 430 g/mol. The summed E-state index contributed by atoms with van der Waals surface area (Å²) in [7, 11) is 0. The topological polar surface area (TPSA) is 92.6 Å². The monoisotopic (exact) mass is 453 g/mol. The van der Waals surface area contributed by atoms with E-state index >= 15 is 0 Å². The molecule has 0 radical (unpaired) electrons. The van der Waals surface area contributed by atoms with Gasteiger partial charge in [-0.3, -0.25) is 5.10 Å². The van der Waals surface area contributed by atoms with E-state index in [4.69, 9.17) is 14.5 Å². The lowest BCUT2D eigenvalue weighted by Crippen LogP contribution is -2.59. The first-order chi connectivity index (χ1) is 16.8. The molecule has 2 aliphatic heterocycles. The van der Waals surface area contributed by atoms with Gasteiger partial charge < -0.3 is 24.1 Å².